The van der Waals surface area contributed by atoms with Crippen LogP contribution in [0, 0.1) is 6.92 Å². The van der Waals surface area contributed by atoms with Gasteiger partial charge in [-0.3, -0.25) is 0 Å². The molecule has 0 saturated carbocycles. The molecular weight excluding hydrogens is 244 g/mol. The van der Waals surface area contributed by atoms with Crippen LogP contribution in [0.15, 0.2) is 5.16 Å². The molecule has 1 aliphatic heterocycles. The lowest BCUT2D eigenvalue weighted by atomic mass is 10.3. The highest BCUT2D eigenvalue weighted by molar-refractivity contribution is 7.99. The minimum Gasteiger partial charge on any atom is -0.304 e. The minimum absolute atomic E-state index is 0.462. The predicted octanol–water partition coefficient (Wildman–Crippen LogP) is 2.67. The molecule has 0 atom stereocenters. The first-order valence-corrected chi connectivity index (χ1v) is 6.65. The summed E-state index contributed by atoms with van der Waals surface area (Å²) in [7, 11) is 0. The zero-order chi connectivity index (χ0) is 11.1. The number of nitrogens with zero attached hydrogens (tertiary/aromatic N) is 4. The van der Waals surface area contributed by atoms with E-state index in [1.807, 2.05) is 6.92 Å². The lowest BCUT2D eigenvalue weighted by Crippen LogP contribution is -2.00. The van der Waals surface area contributed by atoms with E-state index in [-0.39, 0.29) is 0 Å². The molecule has 84 valence electrons. The van der Waals surface area contributed by atoms with Crippen LogP contribution in [0.3, 0.4) is 0 Å². The number of aryl methyl sites for hydroxylation is 2. The Balaban J connectivity index is 2.29. The van der Waals surface area contributed by atoms with Gasteiger partial charge in [0.15, 0.2) is 16.0 Å². The molecule has 4 nitrogen and oxygen atoms in total. The quantitative estimate of drug-likeness (QED) is 0.678. The average molecular weight is 255 g/mol. The highest BCUT2D eigenvalue weighted by atomic mass is 35.5. The number of hydrogen-bond donors (Lipinski definition) is 0. The highest BCUT2D eigenvalue weighted by Crippen LogP contribution is 2.29. The maximum atomic E-state index is 6.09. The molecule has 2 aromatic heterocycles. The Labute approximate surface area is 102 Å². The van der Waals surface area contributed by atoms with Crippen molar-refractivity contribution in [1.82, 2.24) is 19.5 Å². The summed E-state index contributed by atoms with van der Waals surface area (Å²) in [6.07, 6.45) is 2.40. The molecule has 0 fully saturated rings. The van der Waals surface area contributed by atoms with Crippen LogP contribution in [-0.2, 0) is 6.54 Å². The average Bonchev–Trinajstić information content (AvgIpc) is 2.46. The normalized spacial score (nSPS) is 16.1. The van der Waals surface area contributed by atoms with Crippen molar-refractivity contribution >= 4 is 34.5 Å². The van der Waals surface area contributed by atoms with Crippen LogP contribution >= 0.6 is 23.4 Å². The van der Waals surface area contributed by atoms with E-state index in [0.29, 0.717) is 11.0 Å². The van der Waals surface area contributed by atoms with Crippen molar-refractivity contribution in [2.24, 2.45) is 0 Å². The lowest BCUT2D eigenvalue weighted by Gasteiger charge is -2.02. The molecule has 6 heteroatoms. The Morgan fingerprint density at radius 3 is 3.00 bits per heavy atom. The molecule has 0 spiro atoms. The van der Waals surface area contributed by atoms with E-state index in [2.05, 4.69) is 19.5 Å². The molecule has 0 saturated heterocycles. The number of thioether (sulfide) groups is 1. The Kier molecular flexibility index (Phi) is 2.52. The minimum atomic E-state index is 0.462. The number of rotatable bonds is 0. The van der Waals surface area contributed by atoms with Gasteiger partial charge in [0.05, 0.1) is 0 Å². The van der Waals surface area contributed by atoms with Crippen molar-refractivity contribution in [2.45, 2.75) is 31.5 Å². The van der Waals surface area contributed by atoms with Crippen molar-refractivity contribution in [2.75, 3.05) is 5.75 Å². The van der Waals surface area contributed by atoms with Gasteiger partial charge in [-0.25, -0.2) is 15.0 Å². The first-order chi connectivity index (χ1) is 7.75. The fourth-order valence-electron chi connectivity index (χ4n) is 1.90. The second kappa shape index (κ2) is 3.89. The van der Waals surface area contributed by atoms with Gasteiger partial charge in [-0.1, -0.05) is 23.4 Å². The molecule has 1 aliphatic rings. The van der Waals surface area contributed by atoms with Gasteiger partial charge >= 0.3 is 0 Å². The van der Waals surface area contributed by atoms with Crippen molar-refractivity contribution in [1.29, 1.82) is 0 Å². The SMILES string of the molecule is Cc1nc(Cl)c2nc3n(c2n1)CCCCS3. The van der Waals surface area contributed by atoms with Crippen molar-refractivity contribution in [3.8, 4) is 0 Å². The van der Waals surface area contributed by atoms with Gasteiger partial charge in [0.1, 0.15) is 11.3 Å². The number of hydrogen-bond acceptors (Lipinski definition) is 4. The summed E-state index contributed by atoms with van der Waals surface area (Å²) in [5, 5.41) is 1.48. The lowest BCUT2D eigenvalue weighted by molar-refractivity contribution is 0.613. The van der Waals surface area contributed by atoms with E-state index in [1.165, 1.54) is 12.8 Å². The fraction of sp³-hybridized carbons (Fsp3) is 0.500. The van der Waals surface area contributed by atoms with E-state index in [1.54, 1.807) is 11.8 Å². The molecular formula is C10H11ClN4S. The standard InChI is InChI=1S/C10H11ClN4S/c1-6-12-8(11)7-9(13-6)15-4-2-3-5-16-10(15)14-7/h2-5H2,1H3. The molecule has 0 N–H and O–H groups in total. The largest absolute Gasteiger partial charge is 0.304 e. The fourth-order valence-corrected chi connectivity index (χ4v) is 3.17. The van der Waals surface area contributed by atoms with Gasteiger partial charge in [-0.15, -0.1) is 0 Å². The summed E-state index contributed by atoms with van der Waals surface area (Å²) in [4.78, 5) is 13.1. The van der Waals surface area contributed by atoms with Crippen LogP contribution in [0.1, 0.15) is 18.7 Å². The molecule has 0 radical (unpaired) electrons. The van der Waals surface area contributed by atoms with E-state index >= 15 is 0 Å². The molecule has 0 amide bonds. The summed E-state index contributed by atoms with van der Waals surface area (Å²) in [5.41, 5.74) is 1.61. The summed E-state index contributed by atoms with van der Waals surface area (Å²) >= 11 is 7.86. The van der Waals surface area contributed by atoms with Gasteiger partial charge in [0.25, 0.3) is 0 Å². The highest BCUT2D eigenvalue weighted by Gasteiger charge is 2.17. The topological polar surface area (TPSA) is 43.6 Å². The monoisotopic (exact) mass is 254 g/mol. The zero-order valence-electron chi connectivity index (χ0n) is 8.90. The van der Waals surface area contributed by atoms with Gasteiger partial charge in [-0.2, -0.15) is 0 Å². The van der Waals surface area contributed by atoms with E-state index < -0.39 is 0 Å². The third kappa shape index (κ3) is 1.58. The first-order valence-electron chi connectivity index (χ1n) is 5.29. The van der Waals surface area contributed by atoms with Gasteiger partial charge in [-0.05, 0) is 19.8 Å². The summed E-state index contributed by atoms with van der Waals surface area (Å²) in [6, 6.07) is 0. The molecule has 0 aliphatic carbocycles. The molecule has 0 aromatic carbocycles. The number of imidazole rings is 1. The van der Waals surface area contributed by atoms with Crippen LogP contribution in [-0.4, -0.2) is 25.3 Å². The third-order valence-electron chi connectivity index (χ3n) is 2.64. The van der Waals surface area contributed by atoms with Gasteiger partial charge < -0.3 is 4.57 Å². The van der Waals surface area contributed by atoms with Crippen LogP contribution in [0.2, 0.25) is 5.15 Å². The van der Waals surface area contributed by atoms with Crippen molar-refractivity contribution < 1.29 is 0 Å². The Bertz CT molecular complexity index is 551. The summed E-state index contributed by atoms with van der Waals surface area (Å²) in [6.45, 7) is 2.83. The van der Waals surface area contributed by atoms with Crippen LogP contribution in [0.25, 0.3) is 11.2 Å². The third-order valence-corrected chi connectivity index (χ3v) is 3.96. The second-order valence-electron chi connectivity index (χ2n) is 3.84. The Morgan fingerprint density at radius 1 is 1.25 bits per heavy atom. The van der Waals surface area contributed by atoms with Crippen LogP contribution in [0.4, 0.5) is 0 Å². The molecule has 3 rings (SSSR count). The second-order valence-corrected chi connectivity index (χ2v) is 5.26. The van der Waals surface area contributed by atoms with Crippen molar-refractivity contribution in [3.63, 3.8) is 0 Å². The van der Waals surface area contributed by atoms with Crippen LogP contribution in [0.5, 0.6) is 0 Å². The number of fused-ring (bicyclic) bond motifs is 3. The van der Waals surface area contributed by atoms with Gasteiger partial charge in [0.2, 0.25) is 0 Å². The number of halogens is 1. The molecule has 0 unspecified atom stereocenters. The Morgan fingerprint density at radius 2 is 2.12 bits per heavy atom. The number of aromatic nitrogens is 4. The van der Waals surface area contributed by atoms with E-state index in [0.717, 1.165) is 28.6 Å². The molecule has 16 heavy (non-hydrogen) atoms. The maximum Gasteiger partial charge on any atom is 0.170 e. The van der Waals surface area contributed by atoms with Gasteiger partial charge in [0, 0.05) is 12.3 Å². The summed E-state index contributed by atoms with van der Waals surface area (Å²) < 4.78 is 2.16. The van der Waals surface area contributed by atoms with Crippen LogP contribution < -0.4 is 0 Å². The van der Waals surface area contributed by atoms with Crippen molar-refractivity contribution in [3.05, 3.63) is 11.0 Å². The smallest absolute Gasteiger partial charge is 0.170 e. The maximum absolute atomic E-state index is 6.09. The molecule has 3 heterocycles. The van der Waals surface area contributed by atoms with E-state index in [4.69, 9.17) is 11.6 Å². The summed E-state index contributed by atoms with van der Waals surface area (Å²) in [5.74, 6) is 1.82. The zero-order valence-corrected chi connectivity index (χ0v) is 10.5. The molecule has 2 aromatic rings. The molecule has 0 bridgehead atoms. The van der Waals surface area contributed by atoms with E-state index in [9.17, 15) is 0 Å². The first kappa shape index (κ1) is 10.4. The Hall–Kier alpha value is -0.810. The predicted molar refractivity (Wildman–Crippen MR) is 65.0 cm³/mol.